The van der Waals surface area contributed by atoms with Crippen LogP contribution in [0.3, 0.4) is 0 Å². The lowest BCUT2D eigenvalue weighted by Crippen LogP contribution is -2.23. The van der Waals surface area contributed by atoms with Gasteiger partial charge in [0, 0.05) is 11.1 Å². The first kappa shape index (κ1) is 18.4. The quantitative estimate of drug-likeness (QED) is 0.607. The van der Waals surface area contributed by atoms with E-state index in [4.69, 9.17) is 0 Å². The Balaban J connectivity index is 2.70. The van der Waals surface area contributed by atoms with Gasteiger partial charge < -0.3 is 0 Å². The fourth-order valence-electron chi connectivity index (χ4n) is 3.00. The molecule has 2 nitrogen and oxygen atoms in total. The summed E-state index contributed by atoms with van der Waals surface area (Å²) in [6.45, 7) is 16.1. The molecule has 2 heteroatoms. The number of Topliss-reactive ketones (excluding diaryl/α,β-unsaturated/α-hetero) is 2. The van der Waals surface area contributed by atoms with Gasteiger partial charge in [0.1, 0.15) is 0 Å². The van der Waals surface area contributed by atoms with Gasteiger partial charge in [0.05, 0.1) is 0 Å². The van der Waals surface area contributed by atoms with Gasteiger partial charge in [-0.25, -0.2) is 0 Å². The molecule has 0 unspecified atom stereocenters. The summed E-state index contributed by atoms with van der Waals surface area (Å²) in [6, 6.07) is 0. The molecule has 0 aromatic rings. The largest absolute Gasteiger partial charge is 0.289 e. The smallest absolute Gasteiger partial charge is 0.185 e. The van der Waals surface area contributed by atoms with Crippen LogP contribution < -0.4 is 0 Å². The van der Waals surface area contributed by atoms with Crippen molar-refractivity contribution in [3.8, 4) is 0 Å². The molecule has 0 atom stereocenters. The minimum absolute atomic E-state index is 0.111. The van der Waals surface area contributed by atoms with E-state index in [1.165, 1.54) is 0 Å². The molecule has 0 saturated heterocycles. The van der Waals surface area contributed by atoms with Crippen molar-refractivity contribution in [2.75, 3.05) is 0 Å². The van der Waals surface area contributed by atoms with E-state index < -0.39 is 0 Å². The molecule has 0 aromatic heterocycles. The summed E-state index contributed by atoms with van der Waals surface area (Å²) in [6.07, 6.45) is 7.84. The van der Waals surface area contributed by atoms with E-state index >= 15 is 0 Å². The van der Waals surface area contributed by atoms with Gasteiger partial charge in [-0.1, -0.05) is 41.5 Å². The van der Waals surface area contributed by atoms with Crippen LogP contribution in [0.5, 0.6) is 0 Å². The Morgan fingerprint density at radius 1 is 0.583 bits per heavy atom. The highest BCUT2D eigenvalue weighted by atomic mass is 16.1. The highest BCUT2D eigenvalue weighted by Gasteiger charge is 2.30. The lowest BCUT2D eigenvalue weighted by atomic mass is 9.75. The molecule has 24 heavy (non-hydrogen) atoms. The second-order valence-corrected chi connectivity index (χ2v) is 8.84. The Kier molecular flexibility index (Phi) is 4.47. The van der Waals surface area contributed by atoms with Crippen LogP contribution in [-0.4, -0.2) is 11.6 Å². The SMILES string of the molecule is CC1=CC(=C2C=C(C)C(=O)C(C(C)(C)C)=C2)C=C(C(C)(C)C)C1=O. The van der Waals surface area contributed by atoms with Gasteiger partial charge in [-0.05, 0) is 71.3 Å². The molecule has 0 heterocycles. The van der Waals surface area contributed by atoms with Gasteiger partial charge >= 0.3 is 0 Å². The third-order valence-electron chi connectivity index (χ3n) is 4.50. The average Bonchev–Trinajstić information content (AvgIpc) is 2.41. The number of carbonyl (C=O) groups excluding carboxylic acids is 2. The number of allylic oxidation sites excluding steroid dienone is 10. The van der Waals surface area contributed by atoms with E-state index in [1.54, 1.807) is 0 Å². The normalized spacial score (nSPS) is 22.8. The zero-order valence-corrected chi connectivity index (χ0v) is 16.1. The predicted molar refractivity (Wildman–Crippen MR) is 99.6 cm³/mol. The maximum absolute atomic E-state index is 12.5. The first-order valence-corrected chi connectivity index (χ1v) is 8.47. The number of rotatable bonds is 0. The molecule has 0 amide bonds. The lowest BCUT2D eigenvalue weighted by Gasteiger charge is -2.28. The van der Waals surface area contributed by atoms with Crippen LogP contribution >= 0.6 is 0 Å². The fourth-order valence-corrected chi connectivity index (χ4v) is 3.00. The van der Waals surface area contributed by atoms with Crippen molar-refractivity contribution in [1.29, 1.82) is 0 Å². The van der Waals surface area contributed by atoms with Gasteiger partial charge in [0.15, 0.2) is 11.6 Å². The Morgan fingerprint density at radius 2 is 0.875 bits per heavy atom. The first-order chi connectivity index (χ1) is 10.8. The van der Waals surface area contributed by atoms with E-state index in [0.29, 0.717) is 0 Å². The minimum Gasteiger partial charge on any atom is -0.289 e. The van der Waals surface area contributed by atoms with Crippen LogP contribution in [-0.2, 0) is 9.59 Å². The van der Waals surface area contributed by atoms with Crippen molar-refractivity contribution < 1.29 is 9.59 Å². The predicted octanol–water partition coefficient (Wildman–Crippen LogP) is 5.29. The fraction of sp³-hybridized carbons (Fsp3) is 0.455. The molecule has 0 fully saturated rings. The second-order valence-electron chi connectivity index (χ2n) is 8.84. The van der Waals surface area contributed by atoms with E-state index in [1.807, 2.05) is 38.2 Å². The molecule has 2 aliphatic rings. The molecule has 0 aromatic carbocycles. The number of hydrogen-bond acceptors (Lipinski definition) is 2. The summed E-state index contributed by atoms with van der Waals surface area (Å²) in [7, 11) is 0. The van der Waals surface area contributed by atoms with Crippen molar-refractivity contribution in [1.82, 2.24) is 0 Å². The average molecular weight is 324 g/mol. The lowest BCUT2D eigenvalue weighted by molar-refractivity contribution is -0.114. The summed E-state index contributed by atoms with van der Waals surface area (Å²) < 4.78 is 0. The summed E-state index contributed by atoms with van der Waals surface area (Å²) >= 11 is 0. The summed E-state index contributed by atoms with van der Waals surface area (Å²) in [4.78, 5) is 25.0. The van der Waals surface area contributed by atoms with Gasteiger partial charge in [-0.2, -0.15) is 0 Å². The van der Waals surface area contributed by atoms with Gasteiger partial charge in [-0.15, -0.1) is 0 Å². The molecular formula is C22H28O2. The van der Waals surface area contributed by atoms with Crippen LogP contribution in [0.2, 0.25) is 0 Å². The Hall–Kier alpha value is -1.96. The maximum Gasteiger partial charge on any atom is 0.185 e. The van der Waals surface area contributed by atoms with Crippen LogP contribution in [0.1, 0.15) is 55.4 Å². The van der Waals surface area contributed by atoms with Crippen LogP contribution in [0.15, 0.2) is 57.7 Å². The van der Waals surface area contributed by atoms with Gasteiger partial charge in [0.25, 0.3) is 0 Å². The molecule has 2 rings (SSSR count). The molecule has 0 saturated carbocycles. The minimum atomic E-state index is -0.210. The molecule has 0 bridgehead atoms. The number of carbonyl (C=O) groups is 2. The van der Waals surface area contributed by atoms with E-state index in [9.17, 15) is 9.59 Å². The van der Waals surface area contributed by atoms with Crippen molar-refractivity contribution in [2.24, 2.45) is 10.8 Å². The van der Waals surface area contributed by atoms with Crippen molar-refractivity contribution in [3.63, 3.8) is 0 Å². The van der Waals surface area contributed by atoms with Crippen molar-refractivity contribution in [3.05, 3.63) is 57.7 Å². The van der Waals surface area contributed by atoms with E-state index in [2.05, 4.69) is 41.5 Å². The first-order valence-electron chi connectivity index (χ1n) is 8.47. The third kappa shape index (κ3) is 3.43. The molecule has 0 N–H and O–H groups in total. The highest BCUT2D eigenvalue weighted by molar-refractivity contribution is 6.12. The summed E-state index contributed by atoms with van der Waals surface area (Å²) in [5.41, 5.74) is 4.72. The van der Waals surface area contributed by atoms with Crippen LogP contribution in [0, 0.1) is 10.8 Å². The van der Waals surface area contributed by atoms with Crippen LogP contribution in [0.25, 0.3) is 0 Å². The molecule has 2 aliphatic carbocycles. The van der Waals surface area contributed by atoms with Gasteiger partial charge in [0.2, 0.25) is 0 Å². The zero-order chi connectivity index (χ0) is 18.4. The standard InChI is InChI=1S/C22H28O2/c1-13-9-15(11-17(19(13)23)21(3,4)5)16-10-14(2)20(24)18(12-16)22(6,7)8/h9-12H,1-8H3. The van der Waals surface area contributed by atoms with Crippen molar-refractivity contribution in [2.45, 2.75) is 55.4 Å². The van der Waals surface area contributed by atoms with Gasteiger partial charge in [-0.3, -0.25) is 9.59 Å². The maximum atomic E-state index is 12.5. The molecular weight excluding hydrogens is 296 g/mol. The molecule has 0 radical (unpaired) electrons. The summed E-state index contributed by atoms with van der Waals surface area (Å²) in [5, 5.41) is 0. The van der Waals surface area contributed by atoms with Crippen LogP contribution in [0.4, 0.5) is 0 Å². The highest BCUT2D eigenvalue weighted by Crippen LogP contribution is 2.37. The molecule has 0 spiro atoms. The zero-order valence-electron chi connectivity index (χ0n) is 16.1. The Bertz CT molecular complexity index is 698. The topological polar surface area (TPSA) is 34.1 Å². The summed E-state index contributed by atoms with van der Waals surface area (Å²) in [5.74, 6) is 0.221. The molecule has 128 valence electrons. The number of hydrogen-bond donors (Lipinski definition) is 0. The van der Waals surface area contributed by atoms with E-state index in [0.717, 1.165) is 33.4 Å². The Labute approximate surface area is 145 Å². The Morgan fingerprint density at radius 3 is 1.12 bits per heavy atom. The molecule has 0 aliphatic heterocycles. The third-order valence-corrected chi connectivity index (χ3v) is 4.50. The second kappa shape index (κ2) is 5.84. The van der Waals surface area contributed by atoms with E-state index in [-0.39, 0.29) is 22.4 Å². The van der Waals surface area contributed by atoms with Crippen molar-refractivity contribution >= 4 is 11.6 Å². The number of ketones is 2. The monoisotopic (exact) mass is 324 g/mol.